The van der Waals surface area contributed by atoms with Gasteiger partial charge in [-0.2, -0.15) is 0 Å². The number of rotatable bonds is 3. The maximum atomic E-state index is 6.06. The van der Waals surface area contributed by atoms with E-state index in [1.165, 1.54) is 17.7 Å². The highest BCUT2D eigenvalue weighted by atomic mass is 35.5. The van der Waals surface area contributed by atoms with Crippen molar-refractivity contribution in [1.82, 2.24) is 9.97 Å². The van der Waals surface area contributed by atoms with Gasteiger partial charge in [0.1, 0.15) is 23.3 Å². The molecule has 0 aliphatic carbocycles. The third kappa shape index (κ3) is 3.35. The number of nitrogens with zero attached hydrogens (tertiary/aromatic N) is 2. The summed E-state index contributed by atoms with van der Waals surface area (Å²) in [5.74, 6) is 0.643. The molecule has 0 bridgehead atoms. The molecule has 0 saturated heterocycles. The first kappa shape index (κ1) is 15.1. The van der Waals surface area contributed by atoms with Crippen LogP contribution in [0.1, 0.15) is 17.9 Å². The van der Waals surface area contributed by atoms with E-state index < -0.39 is 0 Å². The number of halogens is 1. The van der Waals surface area contributed by atoms with Gasteiger partial charge < -0.3 is 9.47 Å². The van der Waals surface area contributed by atoms with Crippen molar-refractivity contribution < 1.29 is 9.47 Å². The van der Waals surface area contributed by atoms with Crippen molar-refractivity contribution >= 4 is 50.6 Å². The van der Waals surface area contributed by atoms with Gasteiger partial charge in [0.2, 0.25) is 0 Å². The predicted octanol–water partition coefficient (Wildman–Crippen LogP) is 4.79. The Balaban J connectivity index is 1.71. The molecule has 112 valence electrons. The number of fused-ring (bicyclic) bond motifs is 1. The van der Waals surface area contributed by atoms with E-state index in [1.807, 2.05) is 43.3 Å². The lowest BCUT2D eigenvalue weighted by atomic mass is 10.3. The molecule has 0 N–H and O–H groups in total. The number of para-hydroxylation sites is 1. The molecule has 7 heteroatoms. The van der Waals surface area contributed by atoms with E-state index >= 15 is 0 Å². The highest BCUT2D eigenvalue weighted by Gasteiger charge is 2.16. The molecule has 22 heavy (non-hydrogen) atoms. The second-order valence-corrected chi connectivity index (χ2v) is 6.23. The van der Waals surface area contributed by atoms with Crippen molar-refractivity contribution in [2.45, 2.75) is 13.0 Å². The zero-order valence-corrected chi connectivity index (χ0v) is 13.9. The summed E-state index contributed by atoms with van der Waals surface area (Å²) >= 11 is 12.7. The number of benzene rings is 1. The van der Waals surface area contributed by atoms with Gasteiger partial charge in [-0.1, -0.05) is 29.8 Å². The van der Waals surface area contributed by atoms with Gasteiger partial charge in [-0.25, -0.2) is 9.97 Å². The van der Waals surface area contributed by atoms with Crippen molar-refractivity contribution in [3.63, 3.8) is 0 Å². The minimum absolute atomic E-state index is 0.0772. The van der Waals surface area contributed by atoms with E-state index in [0.717, 1.165) is 15.1 Å². The number of ether oxygens (including phenoxy) is 2. The van der Waals surface area contributed by atoms with Gasteiger partial charge in [0.25, 0.3) is 0 Å². The van der Waals surface area contributed by atoms with Crippen LogP contribution in [0.5, 0.6) is 5.75 Å². The van der Waals surface area contributed by atoms with E-state index in [0.29, 0.717) is 10.9 Å². The summed E-state index contributed by atoms with van der Waals surface area (Å²) in [5, 5.41) is 0.518. The zero-order valence-electron chi connectivity index (χ0n) is 11.5. The van der Waals surface area contributed by atoms with Crippen LogP contribution in [0.15, 0.2) is 42.7 Å². The number of thiophene rings is 1. The maximum absolute atomic E-state index is 6.06. The molecule has 3 rings (SSSR count). The lowest BCUT2D eigenvalue weighted by Gasteiger charge is -2.13. The topological polar surface area (TPSA) is 44.2 Å². The number of aromatic nitrogens is 2. The van der Waals surface area contributed by atoms with Gasteiger partial charge in [0.05, 0.1) is 10.2 Å². The first-order valence-electron chi connectivity index (χ1n) is 6.47. The molecule has 1 atom stereocenters. The first-order chi connectivity index (χ1) is 10.6. The van der Waals surface area contributed by atoms with E-state index in [1.54, 1.807) is 0 Å². The van der Waals surface area contributed by atoms with Crippen molar-refractivity contribution in [1.29, 1.82) is 0 Å². The molecule has 1 unspecified atom stereocenters. The van der Waals surface area contributed by atoms with Crippen LogP contribution in [0.2, 0.25) is 5.15 Å². The summed E-state index contributed by atoms with van der Waals surface area (Å²) in [6.07, 6.45) is 1.18. The van der Waals surface area contributed by atoms with Crippen LogP contribution in [0.4, 0.5) is 0 Å². The summed E-state index contributed by atoms with van der Waals surface area (Å²) in [5.41, 5.74) is 0.797. The fourth-order valence-electron chi connectivity index (χ4n) is 1.86. The molecule has 0 spiro atoms. The van der Waals surface area contributed by atoms with Crippen molar-refractivity contribution in [2.24, 2.45) is 0 Å². The number of hydrogen-bond acceptors (Lipinski definition) is 6. The summed E-state index contributed by atoms with van der Waals surface area (Å²) in [4.78, 5) is 9.11. The second-order valence-electron chi connectivity index (χ2n) is 4.45. The number of thiocarbonyl (C=S) groups is 1. The monoisotopic (exact) mass is 350 g/mol. The van der Waals surface area contributed by atoms with Gasteiger partial charge in [-0.05, 0) is 25.1 Å². The van der Waals surface area contributed by atoms with Gasteiger partial charge in [0, 0.05) is 17.1 Å². The maximum Gasteiger partial charge on any atom is 0.358 e. The van der Waals surface area contributed by atoms with Crippen molar-refractivity contribution in [3.8, 4) is 5.75 Å². The van der Waals surface area contributed by atoms with Crippen LogP contribution in [0.3, 0.4) is 0 Å². The minimum atomic E-state index is -0.258. The van der Waals surface area contributed by atoms with Crippen LogP contribution in [0, 0.1) is 0 Å². The molecule has 0 amide bonds. The Labute approximate surface area is 141 Å². The summed E-state index contributed by atoms with van der Waals surface area (Å²) in [6, 6.07) is 11.2. The molecule has 0 radical (unpaired) electrons. The molecule has 0 aliphatic heterocycles. The first-order valence-corrected chi connectivity index (χ1v) is 8.07. The summed E-state index contributed by atoms with van der Waals surface area (Å²) in [6.45, 7) is 1.90. The normalized spacial score (nSPS) is 12.1. The third-order valence-electron chi connectivity index (χ3n) is 2.90. The smallest absolute Gasteiger partial charge is 0.358 e. The SMILES string of the molecule is CC(OC(=S)Oc1ccccc1)c1cc2ncnc(Cl)c2s1. The largest absolute Gasteiger partial charge is 0.448 e. The van der Waals surface area contributed by atoms with Gasteiger partial charge in [-0.15, -0.1) is 11.3 Å². The van der Waals surface area contributed by atoms with Crippen molar-refractivity contribution in [2.75, 3.05) is 0 Å². The van der Waals surface area contributed by atoms with E-state index in [-0.39, 0.29) is 11.3 Å². The van der Waals surface area contributed by atoms with Crippen LogP contribution in [-0.2, 0) is 4.74 Å². The fraction of sp³-hybridized carbons (Fsp3) is 0.133. The Hall–Kier alpha value is -1.76. The summed E-state index contributed by atoms with van der Waals surface area (Å²) in [7, 11) is 0. The van der Waals surface area contributed by atoms with Crippen LogP contribution in [0.25, 0.3) is 10.2 Å². The minimum Gasteiger partial charge on any atom is -0.448 e. The van der Waals surface area contributed by atoms with Gasteiger partial charge in [-0.3, -0.25) is 0 Å². The summed E-state index contributed by atoms with van der Waals surface area (Å²) < 4.78 is 11.9. The molecule has 2 aromatic heterocycles. The second kappa shape index (κ2) is 6.56. The average Bonchev–Trinajstić information content (AvgIpc) is 2.94. The molecule has 4 nitrogen and oxygen atoms in total. The zero-order chi connectivity index (χ0) is 15.5. The van der Waals surface area contributed by atoms with E-state index in [9.17, 15) is 0 Å². The Morgan fingerprint density at radius 2 is 2.05 bits per heavy atom. The van der Waals surface area contributed by atoms with Gasteiger partial charge in [0.15, 0.2) is 0 Å². The van der Waals surface area contributed by atoms with Crippen LogP contribution < -0.4 is 4.74 Å². The quantitative estimate of drug-likeness (QED) is 0.502. The Morgan fingerprint density at radius 3 is 2.77 bits per heavy atom. The van der Waals surface area contributed by atoms with Crippen LogP contribution >= 0.6 is 35.2 Å². The molecule has 2 heterocycles. The Kier molecular flexibility index (Phi) is 4.52. The number of hydrogen-bond donors (Lipinski definition) is 0. The molecule has 0 fully saturated rings. The highest BCUT2D eigenvalue weighted by molar-refractivity contribution is 7.79. The van der Waals surface area contributed by atoms with Crippen molar-refractivity contribution in [3.05, 3.63) is 52.8 Å². The molecule has 0 saturated carbocycles. The van der Waals surface area contributed by atoms with E-state index in [4.69, 9.17) is 33.3 Å². The molecule has 3 aromatic rings. The molecular weight excluding hydrogens is 340 g/mol. The van der Waals surface area contributed by atoms with E-state index in [2.05, 4.69) is 9.97 Å². The Bertz CT molecular complexity index is 808. The lowest BCUT2D eigenvalue weighted by Crippen LogP contribution is -2.12. The Morgan fingerprint density at radius 1 is 1.27 bits per heavy atom. The molecule has 1 aromatic carbocycles. The van der Waals surface area contributed by atoms with Crippen LogP contribution in [-0.4, -0.2) is 15.2 Å². The van der Waals surface area contributed by atoms with Gasteiger partial charge >= 0.3 is 5.24 Å². The average molecular weight is 351 g/mol. The predicted molar refractivity (Wildman–Crippen MR) is 91.6 cm³/mol. The lowest BCUT2D eigenvalue weighted by molar-refractivity contribution is 0.177. The molecule has 0 aliphatic rings. The fourth-order valence-corrected chi connectivity index (χ4v) is 3.33. The standard InChI is InChI=1S/C15H11ClN2O2S2/c1-9(19-15(21)20-10-5-3-2-4-6-10)12-7-11-13(22-12)14(16)18-8-17-11/h2-9H,1H3. The highest BCUT2D eigenvalue weighted by Crippen LogP contribution is 2.33. The molecular formula is C15H11ClN2O2S2. The third-order valence-corrected chi connectivity index (χ3v) is 4.78.